The van der Waals surface area contributed by atoms with E-state index in [1.54, 1.807) is 0 Å². The van der Waals surface area contributed by atoms with Crippen molar-refractivity contribution in [2.45, 2.75) is 104 Å². The van der Waals surface area contributed by atoms with Gasteiger partial charge in [0.05, 0.1) is 14.2 Å². The van der Waals surface area contributed by atoms with Crippen molar-refractivity contribution in [1.29, 1.82) is 0 Å². The lowest BCUT2D eigenvalue weighted by atomic mass is 9.77. The molecule has 0 rings (SSSR count). The van der Waals surface area contributed by atoms with Crippen LogP contribution in [0, 0.1) is 5.41 Å². The van der Waals surface area contributed by atoms with Crippen molar-refractivity contribution in [3.63, 3.8) is 0 Å². The molecule has 0 bridgehead atoms. The minimum Gasteiger partial charge on any atom is -0.468 e. The molecule has 0 N–H and O–H groups in total. The van der Waals surface area contributed by atoms with E-state index in [4.69, 9.17) is 9.47 Å². The van der Waals surface area contributed by atoms with Crippen molar-refractivity contribution in [3.8, 4) is 0 Å². The van der Waals surface area contributed by atoms with E-state index in [9.17, 15) is 9.59 Å². The number of rotatable bonds is 16. The molecule has 0 aromatic carbocycles. The predicted molar refractivity (Wildman–Crippen MR) is 102 cm³/mol. The normalized spacial score (nSPS) is 11.4. The van der Waals surface area contributed by atoms with E-state index < -0.39 is 17.4 Å². The molecule has 0 spiro atoms. The maximum atomic E-state index is 12.4. The van der Waals surface area contributed by atoms with Gasteiger partial charge in [0.2, 0.25) is 0 Å². The zero-order chi connectivity index (χ0) is 19.0. The lowest BCUT2D eigenvalue weighted by Gasteiger charge is -2.28. The van der Waals surface area contributed by atoms with Crippen LogP contribution in [0.25, 0.3) is 0 Å². The first-order valence-electron chi connectivity index (χ1n) is 10.3. The predicted octanol–water partition coefficient (Wildman–Crippen LogP) is 5.82. The number of unbranched alkanes of at least 4 members (excludes halogenated alkanes) is 10. The highest BCUT2D eigenvalue weighted by Gasteiger charge is 2.47. The largest absolute Gasteiger partial charge is 0.468 e. The summed E-state index contributed by atoms with van der Waals surface area (Å²) in [6.07, 6.45) is 14.6. The van der Waals surface area contributed by atoms with Gasteiger partial charge in [-0.15, -0.1) is 0 Å². The number of carbonyl (C=O) groups excluding carboxylic acids is 2. The molecule has 0 heterocycles. The topological polar surface area (TPSA) is 52.6 Å². The zero-order valence-electron chi connectivity index (χ0n) is 17.0. The van der Waals surface area contributed by atoms with Crippen LogP contribution < -0.4 is 0 Å². The molecule has 0 aromatic rings. The first-order valence-corrected chi connectivity index (χ1v) is 10.3. The Morgan fingerprint density at radius 2 is 0.920 bits per heavy atom. The Hall–Kier alpha value is -1.06. The molecule has 0 unspecified atom stereocenters. The highest BCUT2D eigenvalue weighted by molar-refractivity contribution is 5.99. The minimum absolute atomic E-state index is 0.429. The Bertz CT molecular complexity index is 318. The summed E-state index contributed by atoms with van der Waals surface area (Å²) in [5, 5.41) is 0. The molecule has 0 aromatic heterocycles. The molecule has 0 aliphatic heterocycles. The van der Waals surface area contributed by atoms with E-state index in [0.717, 1.165) is 38.5 Å². The molecule has 0 atom stereocenters. The summed E-state index contributed by atoms with van der Waals surface area (Å²) in [5.74, 6) is -0.858. The molecule has 148 valence electrons. The third-order valence-electron chi connectivity index (χ3n) is 5.07. The van der Waals surface area contributed by atoms with E-state index >= 15 is 0 Å². The van der Waals surface area contributed by atoms with Crippen molar-refractivity contribution in [2.24, 2.45) is 5.41 Å². The number of carbonyl (C=O) groups is 2. The fourth-order valence-electron chi connectivity index (χ4n) is 3.42. The summed E-state index contributed by atoms with van der Waals surface area (Å²) >= 11 is 0. The molecule has 0 radical (unpaired) electrons. The molecule has 0 saturated heterocycles. The van der Waals surface area contributed by atoms with Crippen LogP contribution in [0.15, 0.2) is 0 Å². The summed E-state index contributed by atoms with van der Waals surface area (Å²) in [7, 11) is 2.73. The first kappa shape index (κ1) is 23.9. The van der Waals surface area contributed by atoms with Crippen LogP contribution in [0.1, 0.15) is 104 Å². The molecule has 4 heteroatoms. The molecule has 0 saturated carbocycles. The second kappa shape index (κ2) is 15.2. The van der Waals surface area contributed by atoms with Crippen LogP contribution in [-0.4, -0.2) is 26.2 Å². The monoisotopic (exact) mass is 356 g/mol. The quantitative estimate of drug-likeness (QED) is 0.199. The molecule has 0 fully saturated rings. The average molecular weight is 357 g/mol. The van der Waals surface area contributed by atoms with Gasteiger partial charge in [0.15, 0.2) is 5.41 Å². The molecule has 0 aliphatic rings. The average Bonchev–Trinajstić information content (AvgIpc) is 2.64. The molecule has 25 heavy (non-hydrogen) atoms. The fourth-order valence-corrected chi connectivity index (χ4v) is 3.42. The summed E-state index contributed by atoms with van der Waals surface area (Å²) in [4.78, 5) is 24.9. The van der Waals surface area contributed by atoms with E-state index in [1.165, 1.54) is 52.7 Å². The maximum Gasteiger partial charge on any atom is 0.323 e. The second-order valence-corrected chi connectivity index (χ2v) is 7.10. The smallest absolute Gasteiger partial charge is 0.323 e. The maximum absolute atomic E-state index is 12.4. The number of esters is 2. The van der Waals surface area contributed by atoms with Gasteiger partial charge in [-0.05, 0) is 12.8 Å². The second-order valence-electron chi connectivity index (χ2n) is 7.10. The van der Waals surface area contributed by atoms with Gasteiger partial charge in [-0.3, -0.25) is 9.59 Å². The highest BCUT2D eigenvalue weighted by Crippen LogP contribution is 2.35. The van der Waals surface area contributed by atoms with Gasteiger partial charge < -0.3 is 9.47 Å². The Morgan fingerprint density at radius 1 is 0.600 bits per heavy atom. The Labute approximate surface area is 155 Å². The third kappa shape index (κ3) is 9.27. The van der Waals surface area contributed by atoms with E-state index in [0.29, 0.717) is 12.8 Å². The van der Waals surface area contributed by atoms with Gasteiger partial charge in [0.25, 0.3) is 0 Å². The van der Waals surface area contributed by atoms with Gasteiger partial charge in [-0.25, -0.2) is 0 Å². The lowest BCUT2D eigenvalue weighted by molar-refractivity contribution is -0.170. The van der Waals surface area contributed by atoms with Crippen molar-refractivity contribution in [2.75, 3.05) is 14.2 Å². The number of ether oxygens (including phenoxy) is 2. The Kier molecular flexibility index (Phi) is 14.6. The Morgan fingerprint density at radius 3 is 1.24 bits per heavy atom. The fraction of sp³-hybridized carbons (Fsp3) is 0.905. The molecule has 4 nitrogen and oxygen atoms in total. The van der Waals surface area contributed by atoms with Crippen LogP contribution in [-0.2, 0) is 19.1 Å². The summed E-state index contributed by atoms with van der Waals surface area (Å²) < 4.78 is 9.98. The summed E-state index contributed by atoms with van der Waals surface area (Å²) in [6.45, 7) is 4.39. The number of hydrogen-bond donors (Lipinski definition) is 0. The highest BCUT2D eigenvalue weighted by atomic mass is 16.5. The van der Waals surface area contributed by atoms with Crippen LogP contribution in [0.5, 0.6) is 0 Å². The van der Waals surface area contributed by atoms with Gasteiger partial charge in [-0.1, -0.05) is 90.9 Å². The summed E-state index contributed by atoms with van der Waals surface area (Å²) in [6, 6.07) is 0. The van der Waals surface area contributed by atoms with E-state index in [-0.39, 0.29) is 0 Å². The number of methoxy groups -OCH3 is 2. The van der Waals surface area contributed by atoms with Crippen LogP contribution in [0.3, 0.4) is 0 Å². The van der Waals surface area contributed by atoms with E-state index in [2.05, 4.69) is 13.8 Å². The molecular formula is C21H40O4. The SMILES string of the molecule is CCCCCCCCC(CCCCCCCC)(C(=O)OC)C(=O)OC. The van der Waals surface area contributed by atoms with Crippen molar-refractivity contribution >= 4 is 11.9 Å². The van der Waals surface area contributed by atoms with E-state index in [1.807, 2.05) is 0 Å². The van der Waals surface area contributed by atoms with Crippen LogP contribution in [0.2, 0.25) is 0 Å². The van der Waals surface area contributed by atoms with Gasteiger partial charge in [0.1, 0.15) is 0 Å². The zero-order valence-corrected chi connectivity index (χ0v) is 17.0. The lowest BCUT2D eigenvalue weighted by Crippen LogP contribution is -2.41. The standard InChI is InChI=1S/C21H40O4/c1-5-7-9-11-13-15-17-21(19(22)24-3,20(23)25-4)18-16-14-12-10-8-6-2/h5-18H2,1-4H3. The van der Waals surface area contributed by atoms with Crippen LogP contribution in [0.4, 0.5) is 0 Å². The van der Waals surface area contributed by atoms with Crippen molar-refractivity contribution in [1.82, 2.24) is 0 Å². The van der Waals surface area contributed by atoms with Gasteiger partial charge in [-0.2, -0.15) is 0 Å². The molecule has 0 aliphatic carbocycles. The van der Waals surface area contributed by atoms with Crippen molar-refractivity contribution < 1.29 is 19.1 Å². The number of hydrogen-bond acceptors (Lipinski definition) is 4. The summed E-state index contributed by atoms with van der Waals surface area (Å²) in [5.41, 5.74) is -1.11. The van der Waals surface area contributed by atoms with Gasteiger partial charge in [0, 0.05) is 0 Å². The Balaban J connectivity index is 4.65. The van der Waals surface area contributed by atoms with Gasteiger partial charge >= 0.3 is 11.9 Å². The van der Waals surface area contributed by atoms with Crippen LogP contribution >= 0.6 is 0 Å². The molecule has 0 amide bonds. The third-order valence-corrected chi connectivity index (χ3v) is 5.07. The molecular weight excluding hydrogens is 316 g/mol. The van der Waals surface area contributed by atoms with Crippen molar-refractivity contribution in [3.05, 3.63) is 0 Å². The minimum atomic E-state index is -1.11. The first-order chi connectivity index (χ1) is 12.1.